The Labute approximate surface area is 119 Å². The number of carbonyl (C=O) groups excluding carboxylic acids is 1. The summed E-state index contributed by atoms with van der Waals surface area (Å²) in [5.41, 5.74) is 6.12. The largest absolute Gasteiger partial charge is 0.381 e. The smallest absolute Gasteiger partial charge is 0.239 e. The van der Waals surface area contributed by atoms with E-state index in [-0.39, 0.29) is 24.4 Å². The Morgan fingerprint density at radius 3 is 2.72 bits per heavy atom. The molecule has 0 aliphatic carbocycles. The molecule has 2 fully saturated rings. The van der Waals surface area contributed by atoms with E-state index in [0.29, 0.717) is 5.92 Å². The van der Waals surface area contributed by atoms with Gasteiger partial charge >= 0.3 is 0 Å². The molecule has 18 heavy (non-hydrogen) atoms. The lowest BCUT2D eigenvalue weighted by Crippen LogP contribution is -2.49. The number of nitrogens with two attached hydrogens (primary N) is 1. The van der Waals surface area contributed by atoms with Gasteiger partial charge in [-0.2, -0.15) is 11.8 Å². The van der Waals surface area contributed by atoms with Crippen LogP contribution < -0.4 is 5.73 Å². The zero-order chi connectivity index (χ0) is 12.1. The number of carbonyl (C=O) groups is 1. The summed E-state index contributed by atoms with van der Waals surface area (Å²) in [5, 5.41) is 0. The van der Waals surface area contributed by atoms with Crippen LogP contribution in [0.3, 0.4) is 0 Å². The van der Waals surface area contributed by atoms with Gasteiger partial charge in [-0.15, -0.1) is 12.4 Å². The van der Waals surface area contributed by atoms with Gasteiger partial charge < -0.3 is 15.4 Å². The number of hydrogen-bond donors (Lipinski definition) is 1. The van der Waals surface area contributed by atoms with Crippen LogP contribution in [0, 0.1) is 5.92 Å². The van der Waals surface area contributed by atoms with Gasteiger partial charge in [-0.05, 0) is 30.9 Å². The Hall–Kier alpha value is 0.0300. The van der Waals surface area contributed by atoms with E-state index in [9.17, 15) is 4.79 Å². The average Bonchev–Trinajstić information content (AvgIpc) is 2.67. The molecule has 0 aromatic heterocycles. The topological polar surface area (TPSA) is 55.6 Å². The summed E-state index contributed by atoms with van der Waals surface area (Å²) in [6, 6.07) is -0.318. The summed E-state index contributed by atoms with van der Waals surface area (Å²) >= 11 is 1.93. The molecule has 4 nitrogen and oxygen atoms in total. The van der Waals surface area contributed by atoms with Crippen molar-refractivity contribution in [2.24, 2.45) is 11.7 Å². The molecule has 0 spiro atoms. The van der Waals surface area contributed by atoms with Crippen molar-refractivity contribution in [3.63, 3.8) is 0 Å². The second kappa shape index (κ2) is 8.25. The molecule has 0 aromatic rings. The van der Waals surface area contributed by atoms with E-state index in [1.165, 1.54) is 0 Å². The molecule has 0 bridgehead atoms. The summed E-state index contributed by atoms with van der Waals surface area (Å²) in [5.74, 6) is 2.68. The summed E-state index contributed by atoms with van der Waals surface area (Å²) in [6.07, 6.45) is 2.95. The fourth-order valence-electron chi connectivity index (χ4n) is 2.45. The number of halogens is 1. The van der Waals surface area contributed by atoms with E-state index in [1.54, 1.807) is 0 Å². The molecule has 1 amide bonds. The van der Waals surface area contributed by atoms with Gasteiger partial charge in [0, 0.05) is 32.1 Å². The van der Waals surface area contributed by atoms with E-state index in [1.807, 2.05) is 16.7 Å². The first-order valence-electron chi connectivity index (χ1n) is 6.49. The standard InChI is InChI=1S/C12H22N2O2S.ClH/c13-11(10-2-6-16-7-3-10)12(15)14-4-1-8-17-9-5-14;/h10-11H,1-9,13H2;1H. The van der Waals surface area contributed by atoms with Gasteiger partial charge in [0.15, 0.2) is 0 Å². The molecule has 2 aliphatic heterocycles. The summed E-state index contributed by atoms with van der Waals surface area (Å²) in [6.45, 7) is 3.24. The number of ether oxygens (including phenoxy) is 1. The maximum absolute atomic E-state index is 12.3. The Bertz CT molecular complexity index is 254. The van der Waals surface area contributed by atoms with Crippen molar-refractivity contribution in [3.05, 3.63) is 0 Å². The normalized spacial score (nSPS) is 23.9. The highest BCUT2D eigenvalue weighted by Crippen LogP contribution is 2.20. The third kappa shape index (κ3) is 4.30. The van der Waals surface area contributed by atoms with Crippen molar-refractivity contribution >= 4 is 30.1 Å². The van der Waals surface area contributed by atoms with E-state index in [4.69, 9.17) is 10.5 Å². The molecule has 1 unspecified atom stereocenters. The first-order chi connectivity index (χ1) is 8.29. The van der Waals surface area contributed by atoms with Gasteiger partial charge in [-0.1, -0.05) is 0 Å². The van der Waals surface area contributed by atoms with Gasteiger partial charge in [-0.3, -0.25) is 4.79 Å². The maximum atomic E-state index is 12.3. The lowest BCUT2D eigenvalue weighted by Gasteiger charge is -2.30. The van der Waals surface area contributed by atoms with Crippen LogP contribution in [0.15, 0.2) is 0 Å². The molecular formula is C12H23ClN2O2S. The molecule has 106 valence electrons. The fraction of sp³-hybridized carbons (Fsp3) is 0.917. The Morgan fingerprint density at radius 1 is 1.28 bits per heavy atom. The van der Waals surface area contributed by atoms with Crippen LogP contribution in [0.2, 0.25) is 0 Å². The summed E-state index contributed by atoms with van der Waals surface area (Å²) in [7, 11) is 0. The monoisotopic (exact) mass is 294 g/mol. The maximum Gasteiger partial charge on any atom is 0.239 e. The van der Waals surface area contributed by atoms with Crippen molar-refractivity contribution in [3.8, 4) is 0 Å². The zero-order valence-electron chi connectivity index (χ0n) is 10.7. The third-order valence-electron chi connectivity index (χ3n) is 3.59. The van der Waals surface area contributed by atoms with Crippen molar-refractivity contribution in [2.75, 3.05) is 37.8 Å². The highest BCUT2D eigenvalue weighted by molar-refractivity contribution is 7.99. The van der Waals surface area contributed by atoms with Gasteiger partial charge in [0.25, 0.3) is 0 Å². The number of thioether (sulfide) groups is 1. The quantitative estimate of drug-likeness (QED) is 0.829. The number of nitrogens with zero attached hydrogens (tertiary/aromatic N) is 1. The lowest BCUT2D eigenvalue weighted by molar-refractivity contribution is -0.134. The average molecular weight is 295 g/mol. The minimum Gasteiger partial charge on any atom is -0.381 e. The minimum absolute atomic E-state index is 0. The molecule has 2 aliphatic rings. The van der Waals surface area contributed by atoms with Crippen LogP contribution in [-0.4, -0.2) is 54.7 Å². The number of amides is 1. The van der Waals surface area contributed by atoms with E-state index < -0.39 is 0 Å². The van der Waals surface area contributed by atoms with Crippen molar-refractivity contribution in [1.82, 2.24) is 4.90 Å². The predicted molar refractivity (Wildman–Crippen MR) is 77.3 cm³/mol. The molecule has 0 radical (unpaired) electrons. The lowest BCUT2D eigenvalue weighted by atomic mass is 9.91. The van der Waals surface area contributed by atoms with E-state index in [0.717, 1.165) is 57.1 Å². The number of hydrogen-bond acceptors (Lipinski definition) is 4. The van der Waals surface area contributed by atoms with Crippen LogP contribution in [-0.2, 0) is 9.53 Å². The van der Waals surface area contributed by atoms with E-state index >= 15 is 0 Å². The third-order valence-corrected chi connectivity index (χ3v) is 4.64. The van der Waals surface area contributed by atoms with Crippen molar-refractivity contribution in [1.29, 1.82) is 0 Å². The fourth-order valence-corrected chi connectivity index (χ4v) is 3.34. The van der Waals surface area contributed by atoms with Gasteiger partial charge in [0.2, 0.25) is 5.91 Å². The summed E-state index contributed by atoms with van der Waals surface area (Å²) in [4.78, 5) is 14.3. The molecular weight excluding hydrogens is 272 g/mol. The number of rotatable bonds is 2. The van der Waals surface area contributed by atoms with Crippen LogP contribution in [0.4, 0.5) is 0 Å². The predicted octanol–water partition coefficient (Wildman–Crippen LogP) is 1.13. The Morgan fingerprint density at radius 2 is 2.00 bits per heavy atom. The molecule has 2 saturated heterocycles. The van der Waals surface area contributed by atoms with Gasteiger partial charge in [-0.25, -0.2) is 0 Å². The van der Waals surface area contributed by atoms with Crippen LogP contribution in [0.5, 0.6) is 0 Å². The summed E-state index contributed by atoms with van der Waals surface area (Å²) < 4.78 is 5.31. The molecule has 2 rings (SSSR count). The van der Waals surface area contributed by atoms with Gasteiger partial charge in [0.05, 0.1) is 6.04 Å². The van der Waals surface area contributed by atoms with E-state index in [2.05, 4.69) is 0 Å². The molecule has 0 aromatic carbocycles. The SMILES string of the molecule is Cl.NC(C(=O)N1CCCSCC1)C1CCOCC1. The first kappa shape index (κ1) is 16.1. The molecule has 2 N–H and O–H groups in total. The van der Waals surface area contributed by atoms with Gasteiger partial charge in [0.1, 0.15) is 0 Å². The minimum atomic E-state index is -0.318. The molecule has 1 atom stereocenters. The molecule has 2 heterocycles. The Kier molecular flexibility index (Phi) is 7.37. The van der Waals surface area contributed by atoms with Crippen LogP contribution >= 0.6 is 24.2 Å². The van der Waals surface area contributed by atoms with Crippen molar-refractivity contribution < 1.29 is 9.53 Å². The van der Waals surface area contributed by atoms with Crippen LogP contribution in [0.1, 0.15) is 19.3 Å². The molecule has 0 saturated carbocycles. The second-order valence-corrected chi connectivity index (χ2v) is 5.99. The zero-order valence-corrected chi connectivity index (χ0v) is 12.3. The van der Waals surface area contributed by atoms with Crippen LogP contribution in [0.25, 0.3) is 0 Å². The Balaban J connectivity index is 0.00000162. The highest BCUT2D eigenvalue weighted by Gasteiger charge is 2.29. The second-order valence-electron chi connectivity index (χ2n) is 4.77. The van der Waals surface area contributed by atoms with Crippen molar-refractivity contribution in [2.45, 2.75) is 25.3 Å². The first-order valence-corrected chi connectivity index (χ1v) is 7.64. The highest BCUT2D eigenvalue weighted by atomic mass is 35.5. The molecule has 6 heteroatoms.